The summed E-state index contributed by atoms with van der Waals surface area (Å²) < 4.78 is 0. The van der Waals surface area contributed by atoms with Gasteiger partial charge in [-0.25, -0.2) is 4.79 Å². The lowest BCUT2D eigenvalue weighted by atomic mass is 10.1. The Kier molecular flexibility index (Phi) is 5.49. The van der Waals surface area contributed by atoms with Crippen LogP contribution in [0.15, 0.2) is 48.5 Å². The molecule has 134 valence electrons. The molecule has 2 aromatic carbocycles. The molecule has 0 bridgehead atoms. The van der Waals surface area contributed by atoms with E-state index in [1.165, 1.54) is 0 Å². The second-order valence-corrected chi connectivity index (χ2v) is 7.05. The van der Waals surface area contributed by atoms with Gasteiger partial charge >= 0.3 is 6.03 Å². The normalized spacial score (nSPS) is 10.8. The first-order valence-corrected chi connectivity index (χ1v) is 8.86. The Morgan fingerprint density at radius 2 is 1.69 bits per heavy atom. The minimum atomic E-state index is -0.384. The molecule has 0 aliphatic carbocycles. The molecule has 0 saturated carbocycles. The van der Waals surface area contributed by atoms with Gasteiger partial charge in [0.05, 0.1) is 5.69 Å². The van der Waals surface area contributed by atoms with Crippen LogP contribution in [-0.4, -0.2) is 16.2 Å². The molecule has 3 N–H and O–H groups in total. The summed E-state index contributed by atoms with van der Waals surface area (Å²) in [5.74, 6) is 0.368. The van der Waals surface area contributed by atoms with Crippen molar-refractivity contribution in [3.05, 3.63) is 64.3 Å². The number of nitrogens with zero attached hydrogens (tertiary/aromatic N) is 1. The molecule has 1 aromatic heterocycles. The standard InChI is InChI=1S/C19H18Cl2N4O/c1-11(2)17-10-18(25-24-17)12-4-3-5-15(6-12)22-19(26)23-16-8-13(20)7-14(21)9-16/h3-11H,1-2H3,(H,24,25)(H2,22,23,26). The first-order valence-electron chi connectivity index (χ1n) is 8.10. The molecule has 0 unspecified atom stereocenters. The number of aromatic amines is 1. The number of benzene rings is 2. The van der Waals surface area contributed by atoms with E-state index in [4.69, 9.17) is 23.2 Å². The summed E-state index contributed by atoms with van der Waals surface area (Å²) in [7, 11) is 0. The van der Waals surface area contributed by atoms with E-state index in [0.29, 0.717) is 27.3 Å². The van der Waals surface area contributed by atoms with Crippen molar-refractivity contribution in [1.82, 2.24) is 10.2 Å². The van der Waals surface area contributed by atoms with Gasteiger partial charge in [0.1, 0.15) is 0 Å². The third-order valence-electron chi connectivity index (χ3n) is 3.76. The summed E-state index contributed by atoms with van der Waals surface area (Å²) in [6.07, 6.45) is 0. The Hall–Kier alpha value is -2.50. The van der Waals surface area contributed by atoms with Gasteiger partial charge in [0, 0.05) is 32.7 Å². The fourth-order valence-electron chi connectivity index (χ4n) is 2.46. The summed E-state index contributed by atoms with van der Waals surface area (Å²) >= 11 is 11.9. The number of hydrogen-bond donors (Lipinski definition) is 3. The third-order valence-corrected chi connectivity index (χ3v) is 4.19. The molecule has 0 spiro atoms. The lowest BCUT2D eigenvalue weighted by Gasteiger charge is -2.09. The first kappa shape index (κ1) is 18.3. The maximum absolute atomic E-state index is 12.2. The molecule has 0 aliphatic rings. The van der Waals surface area contributed by atoms with Gasteiger partial charge in [0.2, 0.25) is 0 Å². The number of H-pyrrole nitrogens is 1. The van der Waals surface area contributed by atoms with Crippen LogP contribution < -0.4 is 10.6 Å². The monoisotopic (exact) mass is 388 g/mol. The maximum atomic E-state index is 12.2. The molecule has 0 radical (unpaired) electrons. The van der Waals surface area contributed by atoms with Gasteiger partial charge in [0.15, 0.2) is 0 Å². The third kappa shape index (κ3) is 4.56. The highest BCUT2D eigenvalue weighted by atomic mass is 35.5. The molecule has 3 aromatic rings. The highest BCUT2D eigenvalue weighted by Gasteiger charge is 2.09. The van der Waals surface area contributed by atoms with Crippen LogP contribution in [0.1, 0.15) is 25.5 Å². The van der Waals surface area contributed by atoms with Crippen molar-refractivity contribution in [3.8, 4) is 11.3 Å². The van der Waals surface area contributed by atoms with E-state index in [9.17, 15) is 4.79 Å². The van der Waals surface area contributed by atoms with E-state index in [0.717, 1.165) is 17.0 Å². The zero-order chi connectivity index (χ0) is 18.7. The van der Waals surface area contributed by atoms with E-state index in [2.05, 4.69) is 34.7 Å². The van der Waals surface area contributed by atoms with Crippen molar-refractivity contribution < 1.29 is 4.79 Å². The van der Waals surface area contributed by atoms with Crippen LogP contribution in [0.3, 0.4) is 0 Å². The molecule has 26 heavy (non-hydrogen) atoms. The van der Waals surface area contributed by atoms with Crippen molar-refractivity contribution in [2.24, 2.45) is 0 Å². The van der Waals surface area contributed by atoms with E-state index in [1.807, 2.05) is 30.3 Å². The van der Waals surface area contributed by atoms with Crippen molar-refractivity contribution in [2.75, 3.05) is 10.6 Å². The predicted octanol–water partition coefficient (Wildman–Crippen LogP) is 6.15. The number of carbonyl (C=O) groups is 1. The quantitative estimate of drug-likeness (QED) is 0.501. The van der Waals surface area contributed by atoms with Crippen LogP contribution in [0.25, 0.3) is 11.3 Å². The Morgan fingerprint density at radius 1 is 1.00 bits per heavy atom. The SMILES string of the molecule is CC(C)c1cc(-c2cccc(NC(=O)Nc3cc(Cl)cc(Cl)c3)c2)n[nH]1. The van der Waals surface area contributed by atoms with Crippen LogP contribution >= 0.6 is 23.2 Å². The topological polar surface area (TPSA) is 69.8 Å². The number of halogens is 2. The Balaban J connectivity index is 1.72. The molecule has 5 nitrogen and oxygen atoms in total. The highest BCUT2D eigenvalue weighted by molar-refractivity contribution is 6.35. The Bertz CT molecular complexity index is 917. The molecule has 0 atom stereocenters. The van der Waals surface area contributed by atoms with Gasteiger partial charge in [-0.1, -0.05) is 49.2 Å². The lowest BCUT2D eigenvalue weighted by molar-refractivity contribution is 0.262. The van der Waals surface area contributed by atoms with E-state index in [-0.39, 0.29) is 6.03 Å². The van der Waals surface area contributed by atoms with Gasteiger partial charge in [-0.15, -0.1) is 0 Å². The minimum absolute atomic E-state index is 0.368. The Labute approximate surface area is 161 Å². The summed E-state index contributed by atoms with van der Waals surface area (Å²) in [6, 6.07) is 14.0. The fraction of sp³-hybridized carbons (Fsp3) is 0.158. The second-order valence-electron chi connectivity index (χ2n) is 6.18. The zero-order valence-corrected chi connectivity index (χ0v) is 15.8. The number of anilines is 2. The van der Waals surface area contributed by atoms with Crippen LogP contribution in [0.4, 0.5) is 16.2 Å². The van der Waals surface area contributed by atoms with E-state index < -0.39 is 0 Å². The molecule has 7 heteroatoms. The van der Waals surface area contributed by atoms with Crippen molar-refractivity contribution in [3.63, 3.8) is 0 Å². The van der Waals surface area contributed by atoms with Gasteiger partial charge < -0.3 is 10.6 Å². The molecular formula is C19H18Cl2N4O. The zero-order valence-electron chi connectivity index (χ0n) is 14.3. The van der Waals surface area contributed by atoms with E-state index >= 15 is 0 Å². The average molecular weight is 389 g/mol. The first-order chi connectivity index (χ1) is 12.4. The van der Waals surface area contributed by atoms with Crippen molar-refractivity contribution in [2.45, 2.75) is 19.8 Å². The van der Waals surface area contributed by atoms with Crippen LogP contribution in [-0.2, 0) is 0 Å². The highest BCUT2D eigenvalue weighted by Crippen LogP contribution is 2.25. The van der Waals surface area contributed by atoms with Gasteiger partial charge in [0.25, 0.3) is 0 Å². The molecule has 3 rings (SSSR count). The smallest absolute Gasteiger partial charge is 0.308 e. The minimum Gasteiger partial charge on any atom is -0.308 e. The van der Waals surface area contributed by atoms with Crippen LogP contribution in [0.5, 0.6) is 0 Å². The van der Waals surface area contributed by atoms with Gasteiger partial charge in [-0.2, -0.15) is 5.10 Å². The summed E-state index contributed by atoms with van der Waals surface area (Å²) in [5, 5.41) is 13.8. The van der Waals surface area contributed by atoms with Gasteiger partial charge in [-0.05, 0) is 42.3 Å². The number of rotatable bonds is 4. The largest absolute Gasteiger partial charge is 0.323 e. The van der Waals surface area contributed by atoms with Gasteiger partial charge in [-0.3, -0.25) is 5.10 Å². The number of nitrogens with one attached hydrogen (secondary N) is 3. The van der Waals surface area contributed by atoms with Crippen molar-refractivity contribution >= 4 is 40.6 Å². The average Bonchev–Trinajstić information content (AvgIpc) is 3.04. The maximum Gasteiger partial charge on any atom is 0.323 e. The number of hydrogen-bond acceptors (Lipinski definition) is 2. The molecule has 0 aliphatic heterocycles. The summed E-state index contributed by atoms with van der Waals surface area (Å²) in [4.78, 5) is 12.2. The number of aromatic nitrogens is 2. The summed E-state index contributed by atoms with van der Waals surface area (Å²) in [5.41, 5.74) is 3.98. The number of urea groups is 1. The number of carbonyl (C=O) groups excluding carboxylic acids is 1. The van der Waals surface area contributed by atoms with Crippen molar-refractivity contribution in [1.29, 1.82) is 0 Å². The molecular weight excluding hydrogens is 371 g/mol. The molecule has 1 heterocycles. The number of amides is 2. The summed E-state index contributed by atoms with van der Waals surface area (Å²) in [6.45, 7) is 4.20. The fourth-order valence-corrected chi connectivity index (χ4v) is 2.98. The second kappa shape index (κ2) is 7.81. The lowest BCUT2D eigenvalue weighted by Crippen LogP contribution is -2.19. The molecule has 0 fully saturated rings. The molecule has 0 saturated heterocycles. The van der Waals surface area contributed by atoms with E-state index in [1.54, 1.807) is 18.2 Å². The van der Waals surface area contributed by atoms with Crippen LogP contribution in [0.2, 0.25) is 10.0 Å². The Morgan fingerprint density at radius 3 is 2.35 bits per heavy atom. The predicted molar refractivity (Wildman–Crippen MR) is 107 cm³/mol. The molecule has 2 amide bonds. The van der Waals surface area contributed by atoms with Crippen LogP contribution in [0, 0.1) is 0 Å².